The molecule has 1 fully saturated rings. The first-order valence-electron chi connectivity index (χ1n) is 7.26. The van der Waals surface area contributed by atoms with Crippen LogP contribution in [0.4, 0.5) is 5.69 Å². The fourth-order valence-electron chi connectivity index (χ4n) is 2.75. The summed E-state index contributed by atoms with van der Waals surface area (Å²) in [5.41, 5.74) is 6.47. The molecule has 4 N–H and O–H groups in total. The standard InChI is InChI=1S/C16H22N2O3/c1-10-5-7-16(8-6-10,15(20)21)18-14(19)12-3-4-13(17)11(2)9-12/h3-4,9-10H,5-8,17H2,1-2H3,(H,18,19)(H,20,21). The van der Waals surface area contributed by atoms with Crippen LogP contribution in [-0.4, -0.2) is 22.5 Å². The third kappa shape index (κ3) is 3.17. The van der Waals surface area contributed by atoms with Crippen molar-refractivity contribution < 1.29 is 14.7 Å². The van der Waals surface area contributed by atoms with E-state index in [1.807, 2.05) is 6.92 Å². The summed E-state index contributed by atoms with van der Waals surface area (Å²) in [5.74, 6) is -0.793. The molecule has 0 radical (unpaired) electrons. The second-order valence-electron chi connectivity index (χ2n) is 6.10. The first-order chi connectivity index (χ1) is 9.84. The third-order valence-electron chi connectivity index (χ3n) is 4.42. The van der Waals surface area contributed by atoms with Crippen molar-refractivity contribution in [3.05, 3.63) is 29.3 Å². The number of aryl methyl sites for hydroxylation is 1. The maximum Gasteiger partial charge on any atom is 0.329 e. The first-order valence-corrected chi connectivity index (χ1v) is 7.26. The average Bonchev–Trinajstić information content (AvgIpc) is 2.44. The van der Waals surface area contributed by atoms with Gasteiger partial charge in [-0.25, -0.2) is 4.79 Å². The smallest absolute Gasteiger partial charge is 0.329 e. The second-order valence-corrected chi connectivity index (χ2v) is 6.10. The maximum atomic E-state index is 12.4. The number of anilines is 1. The van der Waals surface area contributed by atoms with Crippen LogP contribution < -0.4 is 11.1 Å². The monoisotopic (exact) mass is 290 g/mol. The molecule has 5 nitrogen and oxygen atoms in total. The Labute approximate surface area is 124 Å². The molecule has 0 aromatic heterocycles. The van der Waals surface area contributed by atoms with E-state index in [1.54, 1.807) is 18.2 Å². The Morgan fingerprint density at radius 3 is 2.48 bits per heavy atom. The number of nitrogens with one attached hydrogen (secondary N) is 1. The van der Waals surface area contributed by atoms with E-state index in [9.17, 15) is 14.7 Å². The lowest BCUT2D eigenvalue weighted by molar-refractivity contribution is -0.146. The van der Waals surface area contributed by atoms with Crippen molar-refractivity contribution in [3.63, 3.8) is 0 Å². The van der Waals surface area contributed by atoms with Gasteiger partial charge in [0.05, 0.1) is 0 Å². The SMILES string of the molecule is Cc1cc(C(=O)NC2(C(=O)O)CCC(C)CC2)ccc1N. The van der Waals surface area contributed by atoms with Crippen molar-refractivity contribution in [1.29, 1.82) is 0 Å². The van der Waals surface area contributed by atoms with Crippen LogP contribution in [0.25, 0.3) is 0 Å². The zero-order valence-electron chi connectivity index (χ0n) is 12.5. The Kier molecular flexibility index (Phi) is 4.21. The van der Waals surface area contributed by atoms with Crippen LogP contribution in [0.5, 0.6) is 0 Å². The zero-order valence-corrected chi connectivity index (χ0v) is 12.5. The molecule has 114 valence electrons. The number of aliphatic carboxylic acids is 1. The molecule has 0 aliphatic heterocycles. The van der Waals surface area contributed by atoms with Crippen molar-refractivity contribution >= 4 is 17.6 Å². The van der Waals surface area contributed by atoms with E-state index in [2.05, 4.69) is 12.2 Å². The highest BCUT2D eigenvalue weighted by molar-refractivity contribution is 5.98. The molecule has 1 aliphatic carbocycles. The maximum absolute atomic E-state index is 12.4. The van der Waals surface area contributed by atoms with E-state index >= 15 is 0 Å². The van der Waals surface area contributed by atoms with Crippen LogP contribution in [0, 0.1) is 12.8 Å². The number of benzene rings is 1. The molecule has 1 saturated carbocycles. The van der Waals surface area contributed by atoms with E-state index in [1.165, 1.54) is 0 Å². The minimum Gasteiger partial charge on any atom is -0.480 e. The van der Waals surface area contributed by atoms with Crippen LogP contribution in [-0.2, 0) is 4.79 Å². The molecule has 1 aromatic carbocycles. The van der Waals surface area contributed by atoms with Gasteiger partial charge >= 0.3 is 5.97 Å². The zero-order chi connectivity index (χ0) is 15.6. The number of carbonyl (C=O) groups excluding carboxylic acids is 1. The molecule has 0 atom stereocenters. The average molecular weight is 290 g/mol. The summed E-state index contributed by atoms with van der Waals surface area (Å²) in [5, 5.41) is 12.3. The van der Waals surface area contributed by atoms with E-state index in [-0.39, 0.29) is 5.91 Å². The highest BCUT2D eigenvalue weighted by Gasteiger charge is 2.42. The molecule has 2 rings (SSSR count). The highest BCUT2D eigenvalue weighted by atomic mass is 16.4. The Morgan fingerprint density at radius 1 is 1.33 bits per heavy atom. The van der Waals surface area contributed by atoms with Gasteiger partial charge in [-0.2, -0.15) is 0 Å². The number of nitrogen functional groups attached to an aromatic ring is 1. The molecule has 0 heterocycles. The summed E-state index contributed by atoms with van der Waals surface area (Å²) in [6.07, 6.45) is 2.58. The van der Waals surface area contributed by atoms with Crippen molar-refractivity contribution in [3.8, 4) is 0 Å². The van der Waals surface area contributed by atoms with Crippen molar-refractivity contribution in [2.45, 2.75) is 45.1 Å². The van der Waals surface area contributed by atoms with Gasteiger partial charge in [-0.1, -0.05) is 6.92 Å². The minimum atomic E-state index is -1.14. The normalized spacial score (nSPS) is 25.3. The molecule has 0 spiro atoms. The number of carboxylic acids is 1. The van der Waals surface area contributed by atoms with Gasteiger partial charge in [-0.3, -0.25) is 4.79 Å². The number of nitrogens with two attached hydrogens (primary N) is 1. The number of hydrogen-bond acceptors (Lipinski definition) is 3. The Bertz CT molecular complexity index is 561. The molecular weight excluding hydrogens is 268 g/mol. The Hall–Kier alpha value is -2.04. The Morgan fingerprint density at radius 2 is 1.95 bits per heavy atom. The molecule has 0 saturated heterocycles. The molecule has 1 amide bonds. The van der Waals surface area contributed by atoms with Crippen LogP contribution in [0.3, 0.4) is 0 Å². The topological polar surface area (TPSA) is 92.4 Å². The summed E-state index contributed by atoms with van der Waals surface area (Å²) in [4.78, 5) is 24.0. The molecule has 5 heteroatoms. The summed E-state index contributed by atoms with van der Waals surface area (Å²) in [7, 11) is 0. The Balaban J connectivity index is 2.19. The van der Waals surface area contributed by atoms with Gasteiger partial charge < -0.3 is 16.2 Å². The lowest BCUT2D eigenvalue weighted by Crippen LogP contribution is -2.56. The van der Waals surface area contributed by atoms with Crippen molar-refractivity contribution in [2.75, 3.05) is 5.73 Å². The summed E-state index contributed by atoms with van der Waals surface area (Å²) in [6, 6.07) is 4.98. The number of hydrogen-bond donors (Lipinski definition) is 3. The van der Waals surface area contributed by atoms with Crippen LogP contribution in [0.2, 0.25) is 0 Å². The van der Waals surface area contributed by atoms with E-state index in [0.29, 0.717) is 30.0 Å². The van der Waals surface area contributed by atoms with Crippen molar-refractivity contribution in [2.24, 2.45) is 5.92 Å². The summed E-state index contributed by atoms with van der Waals surface area (Å²) in [6.45, 7) is 3.93. The van der Waals surface area contributed by atoms with Gasteiger partial charge in [0.2, 0.25) is 0 Å². The number of carboxylic acid groups (broad SMARTS) is 1. The van der Waals surface area contributed by atoms with Crippen LogP contribution in [0.15, 0.2) is 18.2 Å². The molecule has 0 bridgehead atoms. The summed E-state index contributed by atoms with van der Waals surface area (Å²) < 4.78 is 0. The number of amides is 1. The molecular formula is C16H22N2O3. The van der Waals surface area contributed by atoms with Gasteiger partial charge in [0.1, 0.15) is 5.54 Å². The largest absolute Gasteiger partial charge is 0.480 e. The van der Waals surface area contributed by atoms with Gasteiger partial charge in [-0.15, -0.1) is 0 Å². The minimum absolute atomic E-state index is 0.352. The quantitative estimate of drug-likeness (QED) is 0.745. The number of rotatable bonds is 3. The molecule has 0 unspecified atom stereocenters. The second kappa shape index (κ2) is 5.76. The van der Waals surface area contributed by atoms with E-state index in [4.69, 9.17) is 5.73 Å². The third-order valence-corrected chi connectivity index (χ3v) is 4.42. The van der Waals surface area contributed by atoms with Crippen LogP contribution >= 0.6 is 0 Å². The van der Waals surface area contributed by atoms with E-state index in [0.717, 1.165) is 18.4 Å². The summed E-state index contributed by atoms with van der Waals surface area (Å²) >= 11 is 0. The van der Waals surface area contributed by atoms with Gasteiger partial charge in [0, 0.05) is 11.3 Å². The predicted octanol–water partition coefficient (Wildman–Crippen LogP) is 2.34. The van der Waals surface area contributed by atoms with Gasteiger partial charge in [-0.05, 0) is 62.3 Å². The van der Waals surface area contributed by atoms with Gasteiger partial charge in [0.15, 0.2) is 0 Å². The highest BCUT2D eigenvalue weighted by Crippen LogP contribution is 2.32. The fourth-order valence-corrected chi connectivity index (χ4v) is 2.75. The molecule has 1 aromatic rings. The molecule has 21 heavy (non-hydrogen) atoms. The van der Waals surface area contributed by atoms with E-state index < -0.39 is 11.5 Å². The van der Waals surface area contributed by atoms with Gasteiger partial charge in [0.25, 0.3) is 5.91 Å². The lowest BCUT2D eigenvalue weighted by atomic mass is 9.77. The first kappa shape index (κ1) is 15.4. The molecule has 1 aliphatic rings. The lowest BCUT2D eigenvalue weighted by Gasteiger charge is -2.36. The van der Waals surface area contributed by atoms with Crippen molar-refractivity contribution in [1.82, 2.24) is 5.32 Å². The predicted molar refractivity (Wildman–Crippen MR) is 81.1 cm³/mol. The fraction of sp³-hybridized carbons (Fsp3) is 0.500. The number of carbonyl (C=O) groups is 2. The van der Waals surface area contributed by atoms with Crippen LogP contribution in [0.1, 0.15) is 48.5 Å².